The molecule has 1 aliphatic heterocycles. The topological polar surface area (TPSA) is 47.6 Å². The predicted octanol–water partition coefficient (Wildman–Crippen LogP) is 1.36. The van der Waals surface area contributed by atoms with Crippen molar-refractivity contribution in [3.05, 3.63) is 30.3 Å². The lowest BCUT2D eigenvalue weighted by Gasteiger charge is -2.10. The molecular formula is C13H17NO3. The van der Waals surface area contributed by atoms with E-state index in [0.717, 1.165) is 25.1 Å². The average Bonchev–Trinajstić information content (AvgIpc) is 2.89. The third-order valence-corrected chi connectivity index (χ3v) is 2.68. The smallest absolute Gasteiger partial charge is 0.323 e. The van der Waals surface area contributed by atoms with Gasteiger partial charge in [0.15, 0.2) is 0 Å². The third-order valence-electron chi connectivity index (χ3n) is 2.68. The molecule has 0 radical (unpaired) electrons. The average molecular weight is 235 g/mol. The van der Waals surface area contributed by atoms with E-state index < -0.39 is 0 Å². The summed E-state index contributed by atoms with van der Waals surface area (Å²) in [6.45, 7) is 1.59. The van der Waals surface area contributed by atoms with Crippen LogP contribution in [0.3, 0.4) is 0 Å². The van der Waals surface area contributed by atoms with Crippen LogP contribution in [0.4, 0.5) is 0 Å². The van der Waals surface area contributed by atoms with Gasteiger partial charge in [-0.2, -0.15) is 0 Å². The first-order valence-electron chi connectivity index (χ1n) is 5.94. The fourth-order valence-corrected chi connectivity index (χ4v) is 1.80. The molecule has 4 heteroatoms. The first-order valence-corrected chi connectivity index (χ1v) is 5.94. The lowest BCUT2D eigenvalue weighted by Crippen LogP contribution is -2.33. The van der Waals surface area contributed by atoms with Crippen molar-refractivity contribution < 1.29 is 14.3 Å². The lowest BCUT2D eigenvalue weighted by atomic mass is 10.2. The fourth-order valence-electron chi connectivity index (χ4n) is 1.80. The van der Waals surface area contributed by atoms with Crippen molar-refractivity contribution in [2.24, 2.45) is 0 Å². The van der Waals surface area contributed by atoms with E-state index in [0.29, 0.717) is 13.2 Å². The first kappa shape index (κ1) is 11.9. The Hall–Kier alpha value is -1.55. The van der Waals surface area contributed by atoms with Gasteiger partial charge in [0.1, 0.15) is 25.0 Å². The highest BCUT2D eigenvalue weighted by Crippen LogP contribution is 2.08. The number of carbonyl (C=O) groups is 1. The summed E-state index contributed by atoms with van der Waals surface area (Å²) in [4.78, 5) is 11.5. The number of rotatable bonds is 5. The number of benzene rings is 1. The molecule has 1 aliphatic rings. The second-order valence-corrected chi connectivity index (χ2v) is 3.98. The van der Waals surface area contributed by atoms with Crippen molar-refractivity contribution in [1.29, 1.82) is 0 Å². The summed E-state index contributed by atoms with van der Waals surface area (Å²) >= 11 is 0. The normalized spacial score (nSPS) is 18.9. The molecule has 0 amide bonds. The molecule has 1 N–H and O–H groups in total. The predicted molar refractivity (Wildman–Crippen MR) is 63.9 cm³/mol. The Morgan fingerprint density at radius 1 is 1.29 bits per heavy atom. The van der Waals surface area contributed by atoms with Gasteiger partial charge in [-0.25, -0.2) is 0 Å². The Balaban J connectivity index is 1.61. The van der Waals surface area contributed by atoms with Crippen molar-refractivity contribution in [3.63, 3.8) is 0 Å². The van der Waals surface area contributed by atoms with Crippen LogP contribution in [0.5, 0.6) is 5.75 Å². The van der Waals surface area contributed by atoms with Gasteiger partial charge in [-0.05, 0) is 31.5 Å². The quantitative estimate of drug-likeness (QED) is 0.618. The molecule has 0 bridgehead atoms. The number of hydrogen-bond donors (Lipinski definition) is 1. The SMILES string of the molecule is O=C(OCCOc1ccccc1)[C@H]1CCCN1. The summed E-state index contributed by atoms with van der Waals surface area (Å²) in [6, 6.07) is 9.37. The summed E-state index contributed by atoms with van der Waals surface area (Å²) in [5.74, 6) is 0.627. The minimum Gasteiger partial charge on any atom is -0.490 e. The number of hydrogen-bond acceptors (Lipinski definition) is 4. The van der Waals surface area contributed by atoms with Gasteiger partial charge in [-0.3, -0.25) is 4.79 Å². The van der Waals surface area contributed by atoms with Crippen LogP contribution in [0.25, 0.3) is 0 Å². The minimum absolute atomic E-state index is 0.119. The highest BCUT2D eigenvalue weighted by molar-refractivity contribution is 5.76. The molecule has 1 aromatic rings. The standard InChI is InChI=1S/C13H17NO3/c15-13(12-7-4-8-14-12)17-10-9-16-11-5-2-1-3-6-11/h1-3,5-6,12,14H,4,7-10H2/t12-/m1/s1. The lowest BCUT2D eigenvalue weighted by molar-refractivity contribution is -0.146. The maximum atomic E-state index is 11.5. The molecule has 0 unspecified atom stereocenters. The van der Waals surface area contributed by atoms with E-state index >= 15 is 0 Å². The molecule has 0 aliphatic carbocycles. The van der Waals surface area contributed by atoms with Gasteiger partial charge in [-0.15, -0.1) is 0 Å². The van der Waals surface area contributed by atoms with Gasteiger partial charge in [0.2, 0.25) is 0 Å². The number of nitrogens with one attached hydrogen (secondary N) is 1. The van der Waals surface area contributed by atoms with Gasteiger partial charge >= 0.3 is 5.97 Å². The second kappa shape index (κ2) is 6.25. The Labute approximate surface area is 101 Å². The van der Waals surface area contributed by atoms with Crippen molar-refractivity contribution in [1.82, 2.24) is 5.32 Å². The second-order valence-electron chi connectivity index (χ2n) is 3.98. The molecule has 1 saturated heterocycles. The zero-order chi connectivity index (χ0) is 11.9. The zero-order valence-electron chi connectivity index (χ0n) is 9.72. The highest BCUT2D eigenvalue weighted by Gasteiger charge is 2.22. The maximum Gasteiger partial charge on any atom is 0.323 e. The molecule has 1 aromatic carbocycles. The summed E-state index contributed by atoms with van der Waals surface area (Å²) < 4.78 is 10.5. The minimum atomic E-state index is -0.167. The van der Waals surface area contributed by atoms with Crippen LogP contribution >= 0.6 is 0 Å². The molecular weight excluding hydrogens is 218 g/mol. The van der Waals surface area contributed by atoms with E-state index in [1.165, 1.54) is 0 Å². The molecule has 0 spiro atoms. The van der Waals surface area contributed by atoms with Gasteiger partial charge in [0.25, 0.3) is 0 Å². The van der Waals surface area contributed by atoms with E-state index in [4.69, 9.17) is 9.47 Å². The van der Waals surface area contributed by atoms with Crippen molar-refractivity contribution >= 4 is 5.97 Å². The van der Waals surface area contributed by atoms with Crippen LogP contribution in [0.2, 0.25) is 0 Å². The molecule has 1 heterocycles. The molecule has 92 valence electrons. The Morgan fingerprint density at radius 2 is 2.12 bits per heavy atom. The fraction of sp³-hybridized carbons (Fsp3) is 0.462. The number of carbonyl (C=O) groups excluding carboxylic acids is 1. The molecule has 0 saturated carbocycles. The Bertz CT molecular complexity index is 347. The van der Waals surface area contributed by atoms with E-state index in [9.17, 15) is 4.79 Å². The largest absolute Gasteiger partial charge is 0.490 e. The molecule has 1 atom stereocenters. The number of ether oxygens (including phenoxy) is 2. The highest BCUT2D eigenvalue weighted by atomic mass is 16.6. The Kier molecular flexibility index (Phi) is 4.38. The molecule has 4 nitrogen and oxygen atoms in total. The van der Waals surface area contributed by atoms with Crippen molar-refractivity contribution in [2.75, 3.05) is 19.8 Å². The summed E-state index contributed by atoms with van der Waals surface area (Å²) in [5.41, 5.74) is 0. The van der Waals surface area contributed by atoms with Gasteiger partial charge in [-0.1, -0.05) is 18.2 Å². The van der Waals surface area contributed by atoms with E-state index in [1.807, 2.05) is 30.3 Å². The van der Waals surface area contributed by atoms with Crippen LogP contribution in [0.1, 0.15) is 12.8 Å². The zero-order valence-corrected chi connectivity index (χ0v) is 9.72. The van der Waals surface area contributed by atoms with Crippen LogP contribution in [0.15, 0.2) is 30.3 Å². The van der Waals surface area contributed by atoms with E-state index in [-0.39, 0.29) is 12.0 Å². The maximum absolute atomic E-state index is 11.5. The van der Waals surface area contributed by atoms with Crippen molar-refractivity contribution in [3.8, 4) is 5.75 Å². The van der Waals surface area contributed by atoms with Crippen LogP contribution < -0.4 is 10.1 Å². The number of esters is 1. The first-order chi connectivity index (χ1) is 8.36. The number of para-hydroxylation sites is 1. The summed E-state index contributed by atoms with van der Waals surface area (Å²) in [6.07, 6.45) is 1.92. The van der Waals surface area contributed by atoms with E-state index in [1.54, 1.807) is 0 Å². The van der Waals surface area contributed by atoms with Crippen LogP contribution in [-0.4, -0.2) is 31.8 Å². The summed E-state index contributed by atoms with van der Waals surface area (Å²) in [5, 5.41) is 3.10. The van der Waals surface area contributed by atoms with Gasteiger partial charge in [0.05, 0.1) is 0 Å². The Morgan fingerprint density at radius 3 is 2.82 bits per heavy atom. The van der Waals surface area contributed by atoms with Crippen molar-refractivity contribution in [2.45, 2.75) is 18.9 Å². The summed E-state index contributed by atoms with van der Waals surface area (Å²) in [7, 11) is 0. The van der Waals surface area contributed by atoms with Gasteiger partial charge < -0.3 is 14.8 Å². The molecule has 2 rings (SSSR count). The molecule has 0 aromatic heterocycles. The monoisotopic (exact) mass is 235 g/mol. The van der Waals surface area contributed by atoms with E-state index in [2.05, 4.69) is 5.32 Å². The molecule has 17 heavy (non-hydrogen) atoms. The van der Waals surface area contributed by atoms with Crippen LogP contribution in [0, 0.1) is 0 Å². The molecule has 1 fully saturated rings. The van der Waals surface area contributed by atoms with Crippen LogP contribution in [-0.2, 0) is 9.53 Å². The van der Waals surface area contributed by atoms with Gasteiger partial charge in [0, 0.05) is 0 Å². The third kappa shape index (κ3) is 3.75.